The van der Waals surface area contributed by atoms with Crippen molar-refractivity contribution in [2.24, 2.45) is 0 Å². The molecule has 0 radical (unpaired) electrons. The molecule has 0 amide bonds. The van der Waals surface area contributed by atoms with Crippen molar-refractivity contribution in [1.29, 1.82) is 0 Å². The van der Waals surface area contributed by atoms with Crippen LogP contribution in [0.3, 0.4) is 0 Å². The molecule has 1 aliphatic heterocycles. The van der Waals surface area contributed by atoms with Gasteiger partial charge in [0.05, 0.1) is 6.61 Å². The van der Waals surface area contributed by atoms with Crippen LogP contribution in [-0.2, 0) is 6.61 Å². The van der Waals surface area contributed by atoms with E-state index >= 15 is 0 Å². The molecule has 0 atom stereocenters. The van der Waals surface area contributed by atoms with E-state index in [9.17, 15) is 0 Å². The molecule has 1 N–H and O–H groups in total. The van der Waals surface area contributed by atoms with Gasteiger partial charge in [-0.1, -0.05) is 0 Å². The highest BCUT2D eigenvalue weighted by atomic mass is 16.3. The van der Waals surface area contributed by atoms with Crippen molar-refractivity contribution in [2.75, 3.05) is 36.0 Å². The summed E-state index contributed by atoms with van der Waals surface area (Å²) in [6.45, 7) is 3.32. The molecule has 0 aromatic carbocycles. The van der Waals surface area contributed by atoms with Crippen LogP contribution in [0.5, 0.6) is 0 Å². The minimum Gasteiger partial charge on any atom is -0.392 e. The van der Waals surface area contributed by atoms with E-state index < -0.39 is 0 Å². The number of hydrogen-bond acceptors (Lipinski definition) is 7. The molecule has 1 saturated heterocycles. The fraction of sp³-hybridized carbons (Fsp3) is 0.385. The predicted molar refractivity (Wildman–Crippen MR) is 74.4 cm³/mol. The average Bonchev–Trinajstić information content (AvgIpc) is 2.56. The van der Waals surface area contributed by atoms with Gasteiger partial charge in [-0.15, -0.1) is 0 Å². The molecule has 7 heteroatoms. The second-order valence-corrected chi connectivity index (χ2v) is 4.57. The zero-order chi connectivity index (χ0) is 13.8. The van der Waals surface area contributed by atoms with E-state index in [1.165, 1.54) is 0 Å². The normalized spacial score (nSPS) is 15.4. The number of aliphatic hydroxyl groups excluding tert-OH is 1. The maximum Gasteiger partial charge on any atom is 0.225 e. The van der Waals surface area contributed by atoms with E-state index in [1.807, 2.05) is 6.07 Å². The number of hydrogen-bond donors (Lipinski definition) is 1. The van der Waals surface area contributed by atoms with Crippen LogP contribution < -0.4 is 9.80 Å². The molecule has 0 saturated carbocycles. The molecule has 20 heavy (non-hydrogen) atoms. The van der Waals surface area contributed by atoms with Gasteiger partial charge in [0.15, 0.2) is 0 Å². The number of aliphatic hydroxyl groups is 1. The van der Waals surface area contributed by atoms with Gasteiger partial charge in [-0.05, 0) is 6.07 Å². The first-order valence-electron chi connectivity index (χ1n) is 6.55. The van der Waals surface area contributed by atoms with Crippen molar-refractivity contribution in [1.82, 2.24) is 19.9 Å². The van der Waals surface area contributed by atoms with Gasteiger partial charge in [-0.25, -0.2) is 19.9 Å². The molecule has 2 aromatic rings. The van der Waals surface area contributed by atoms with E-state index in [1.54, 1.807) is 24.8 Å². The summed E-state index contributed by atoms with van der Waals surface area (Å²) in [6.07, 6.45) is 6.83. The Kier molecular flexibility index (Phi) is 3.69. The summed E-state index contributed by atoms with van der Waals surface area (Å²) in [5.41, 5.74) is 0.727. The van der Waals surface area contributed by atoms with Crippen LogP contribution in [0.15, 0.2) is 30.9 Å². The Bertz CT molecular complexity index is 539. The van der Waals surface area contributed by atoms with Crippen molar-refractivity contribution >= 4 is 11.9 Å². The predicted octanol–water partition coefficient (Wildman–Crippen LogP) is 0.0855. The summed E-state index contributed by atoms with van der Waals surface area (Å²) in [7, 11) is 0. The smallest absolute Gasteiger partial charge is 0.225 e. The van der Waals surface area contributed by atoms with E-state index in [-0.39, 0.29) is 6.61 Å². The molecule has 3 rings (SSSR count). The van der Waals surface area contributed by atoms with Gasteiger partial charge in [-0.3, -0.25) is 0 Å². The topological polar surface area (TPSA) is 78.3 Å². The average molecular weight is 272 g/mol. The van der Waals surface area contributed by atoms with Crippen LogP contribution in [0.25, 0.3) is 0 Å². The molecule has 0 bridgehead atoms. The van der Waals surface area contributed by atoms with E-state index in [4.69, 9.17) is 5.11 Å². The summed E-state index contributed by atoms with van der Waals surface area (Å²) in [5, 5.41) is 8.99. The third-order valence-electron chi connectivity index (χ3n) is 3.27. The largest absolute Gasteiger partial charge is 0.392 e. The van der Waals surface area contributed by atoms with Crippen LogP contribution >= 0.6 is 0 Å². The Morgan fingerprint density at radius 3 is 1.85 bits per heavy atom. The Balaban J connectivity index is 1.63. The van der Waals surface area contributed by atoms with E-state index in [2.05, 4.69) is 29.7 Å². The Hall–Kier alpha value is -2.28. The van der Waals surface area contributed by atoms with Crippen LogP contribution in [0.1, 0.15) is 5.56 Å². The Morgan fingerprint density at radius 1 is 0.850 bits per heavy atom. The lowest BCUT2D eigenvalue weighted by atomic mass is 10.3. The van der Waals surface area contributed by atoms with Gasteiger partial charge >= 0.3 is 0 Å². The first kappa shape index (κ1) is 12.7. The highest BCUT2D eigenvalue weighted by Crippen LogP contribution is 2.14. The summed E-state index contributed by atoms with van der Waals surface area (Å²) in [4.78, 5) is 21.3. The fourth-order valence-corrected chi connectivity index (χ4v) is 2.15. The molecule has 0 aliphatic carbocycles. The van der Waals surface area contributed by atoms with Crippen molar-refractivity contribution in [2.45, 2.75) is 6.61 Å². The summed E-state index contributed by atoms with van der Waals surface area (Å²) < 4.78 is 0. The molecule has 7 nitrogen and oxygen atoms in total. The summed E-state index contributed by atoms with van der Waals surface area (Å²) in [6, 6.07) is 1.82. The van der Waals surface area contributed by atoms with Gasteiger partial charge in [0.25, 0.3) is 0 Å². The van der Waals surface area contributed by atoms with Crippen molar-refractivity contribution in [3.05, 3.63) is 36.4 Å². The second-order valence-electron chi connectivity index (χ2n) is 4.57. The monoisotopic (exact) mass is 272 g/mol. The fourth-order valence-electron chi connectivity index (χ4n) is 2.15. The molecule has 0 spiro atoms. The van der Waals surface area contributed by atoms with Crippen LogP contribution in [0, 0.1) is 0 Å². The Labute approximate surface area is 116 Å². The highest BCUT2D eigenvalue weighted by Gasteiger charge is 2.20. The first-order chi connectivity index (χ1) is 9.86. The van der Waals surface area contributed by atoms with Gasteiger partial charge < -0.3 is 14.9 Å². The standard InChI is InChI=1S/C13H16N6O/c20-10-11-8-16-13(17-9-11)19-6-4-18(5-7-19)12-14-2-1-3-15-12/h1-3,8-9,20H,4-7,10H2. The SMILES string of the molecule is OCc1cnc(N2CCN(c3ncccn3)CC2)nc1. The number of aromatic nitrogens is 4. The molecule has 104 valence electrons. The van der Waals surface area contributed by atoms with Gasteiger partial charge in [0, 0.05) is 56.5 Å². The zero-order valence-electron chi connectivity index (χ0n) is 11.1. The lowest BCUT2D eigenvalue weighted by Gasteiger charge is -2.34. The third kappa shape index (κ3) is 2.67. The van der Waals surface area contributed by atoms with Crippen molar-refractivity contribution in [3.8, 4) is 0 Å². The van der Waals surface area contributed by atoms with Crippen molar-refractivity contribution < 1.29 is 5.11 Å². The molecule has 0 unspecified atom stereocenters. The van der Waals surface area contributed by atoms with Crippen LogP contribution in [-0.4, -0.2) is 51.2 Å². The summed E-state index contributed by atoms with van der Waals surface area (Å²) >= 11 is 0. The number of piperazine rings is 1. The molecular formula is C13H16N6O. The number of nitrogens with zero attached hydrogens (tertiary/aromatic N) is 6. The van der Waals surface area contributed by atoms with E-state index in [0.29, 0.717) is 5.95 Å². The van der Waals surface area contributed by atoms with Gasteiger partial charge in [0.2, 0.25) is 11.9 Å². The lowest BCUT2D eigenvalue weighted by Crippen LogP contribution is -2.47. The van der Waals surface area contributed by atoms with Gasteiger partial charge in [0.1, 0.15) is 0 Å². The molecule has 3 heterocycles. The molecule has 2 aromatic heterocycles. The Morgan fingerprint density at radius 2 is 1.35 bits per heavy atom. The molecule has 1 aliphatic rings. The summed E-state index contributed by atoms with van der Waals surface area (Å²) in [5.74, 6) is 1.47. The van der Waals surface area contributed by atoms with Crippen molar-refractivity contribution in [3.63, 3.8) is 0 Å². The molecular weight excluding hydrogens is 256 g/mol. The minimum atomic E-state index is -0.0284. The van der Waals surface area contributed by atoms with Crippen LogP contribution in [0.2, 0.25) is 0 Å². The first-order valence-corrected chi connectivity index (χ1v) is 6.55. The zero-order valence-corrected chi connectivity index (χ0v) is 11.1. The quantitative estimate of drug-likeness (QED) is 0.848. The maximum atomic E-state index is 8.99. The highest BCUT2D eigenvalue weighted by molar-refractivity contribution is 5.37. The second kappa shape index (κ2) is 5.79. The van der Waals surface area contributed by atoms with Crippen LogP contribution in [0.4, 0.5) is 11.9 Å². The lowest BCUT2D eigenvalue weighted by molar-refractivity contribution is 0.281. The minimum absolute atomic E-state index is 0.0284. The molecule has 1 fully saturated rings. The van der Waals surface area contributed by atoms with E-state index in [0.717, 1.165) is 37.7 Å². The van der Waals surface area contributed by atoms with Gasteiger partial charge in [-0.2, -0.15) is 0 Å². The maximum absolute atomic E-state index is 8.99. The number of anilines is 2. The number of rotatable bonds is 3. The third-order valence-corrected chi connectivity index (χ3v) is 3.27.